The van der Waals surface area contributed by atoms with Crippen LogP contribution in [0.15, 0.2) is 6.07 Å². The molecule has 1 fully saturated rings. The molecule has 2 unspecified atom stereocenters. The standard InChI is InChI=1S/C14H21Cl2N3/c1-8(2)9-5-3-4-6-12(9)18-14-11(16)7-10(15)13(17)19-14/h7-9,12H,3-6H2,1-2H3,(H3,17,18,19). The zero-order valence-electron chi connectivity index (χ0n) is 11.4. The first-order valence-corrected chi connectivity index (χ1v) is 7.62. The molecule has 19 heavy (non-hydrogen) atoms. The highest BCUT2D eigenvalue weighted by atomic mass is 35.5. The molecule has 0 saturated heterocycles. The zero-order chi connectivity index (χ0) is 14.0. The molecule has 2 rings (SSSR count). The van der Waals surface area contributed by atoms with Gasteiger partial charge < -0.3 is 11.1 Å². The van der Waals surface area contributed by atoms with Gasteiger partial charge in [-0.1, -0.05) is 49.9 Å². The van der Waals surface area contributed by atoms with E-state index < -0.39 is 0 Å². The molecule has 0 radical (unpaired) electrons. The molecule has 0 bridgehead atoms. The summed E-state index contributed by atoms with van der Waals surface area (Å²) in [5.74, 6) is 2.29. The number of hydrogen-bond donors (Lipinski definition) is 2. The van der Waals surface area contributed by atoms with Gasteiger partial charge in [0.1, 0.15) is 11.6 Å². The molecule has 1 heterocycles. The van der Waals surface area contributed by atoms with E-state index in [2.05, 4.69) is 24.1 Å². The van der Waals surface area contributed by atoms with Gasteiger partial charge in [0.2, 0.25) is 0 Å². The molecule has 3 nitrogen and oxygen atoms in total. The van der Waals surface area contributed by atoms with Crippen molar-refractivity contribution in [1.29, 1.82) is 0 Å². The minimum absolute atomic E-state index is 0.325. The van der Waals surface area contributed by atoms with E-state index in [0.29, 0.717) is 39.6 Å². The number of nitrogens with one attached hydrogen (secondary N) is 1. The van der Waals surface area contributed by atoms with Crippen LogP contribution in [0.5, 0.6) is 0 Å². The molecule has 0 aromatic carbocycles. The Balaban J connectivity index is 2.17. The molecule has 0 aliphatic heterocycles. The molecule has 1 aromatic rings. The maximum Gasteiger partial charge on any atom is 0.147 e. The molecule has 1 aliphatic rings. The Hall–Kier alpha value is -0.670. The number of nitrogens with zero attached hydrogens (tertiary/aromatic N) is 1. The number of pyridine rings is 1. The van der Waals surface area contributed by atoms with Gasteiger partial charge in [0, 0.05) is 6.04 Å². The minimum Gasteiger partial charge on any atom is -0.382 e. The Bertz CT molecular complexity index is 449. The van der Waals surface area contributed by atoms with Crippen molar-refractivity contribution in [3.8, 4) is 0 Å². The quantitative estimate of drug-likeness (QED) is 0.858. The van der Waals surface area contributed by atoms with Crippen LogP contribution in [0.4, 0.5) is 11.6 Å². The molecule has 2 atom stereocenters. The van der Waals surface area contributed by atoms with Gasteiger partial charge in [-0.25, -0.2) is 4.98 Å². The number of hydrogen-bond acceptors (Lipinski definition) is 3. The molecule has 1 saturated carbocycles. The average Bonchev–Trinajstić information content (AvgIpc) is 2.36. The van der Waals surface area contributed by atoms with Crippen LogP contribution >= 0.6 is 23.2 Å². The number of nitrogens with two attached hydrogens (primary N) is 1. The van der Waals surface area contributed by atoms with E-state index in [4.69, 9.17) is 28.9 Å². The largest absolute Gasteiger partial charge is 0.382 e. The maximum atomic E-state index is 6.18. The van der Waals surface area contributed by atoms with Gasteiger partial charge in [0.05, 0.1) is 10.0 Å². The van der Waals surface area contributed by atoms with Crippen LogP contribution in [0.1, 0.15) is 39.5 Å². The molecule has 1 aromatic heterocycles. The Morgan fingerprint density at radius 3 is 2.63 bits per heavy atom. The molecule has 3 N–H and O–H groups in total. The van der Waals surface area contributed by atoms with E-state index in [1.807, 2.05) is 0 Å². The van der Waals surface area contributed by atoms with E-state index in [1.165, 1.54) is 19.3 Å². The number of rotatable bonds is 3. The van der Waals surface area contributed by atoms with Crippen LogP contribution in [0.25, 0.3) is 0 Å². The molecule has 0 amide bonds. The third-order valence-corrected chi connectivity index (χ3v) is 4.55. The summed E-state index contributed by atoms with van der Waals surface area (Å²) in [7, 11) is 0. The SMILES string of the molecule is CC(C)C1CCCCC1Nc1nc(N)c(Cl)cc1Cl. The summed E-state index contributed by atoms with van der Waals surface area (Å²) in [4.78, 5) is 4.26. The summed E-state index contributed by atoms with van der Waals surface area (Å²) < 4.78 is 0. The normalized spacial score (nSPS) is 23.6. The molecular formula is C14H21Cl2N3. The third kappa shape index (κ3) is 3.46. The Labute approximate surface area is 124 Å². The van der Waals surface area contributed by atoms with Crippen molar-refractivity contribution in [1.82, 2.24) is 4.98 Å². The lowest BCUT2D eigenvalue weighted by molar-refractivity contribution is 0.253. The predicted octanol–water partition coefficient (Wildman–Crippen LogP) is 4.60. The van der Waals surface area contributed by atoms with Gasteiger partial charge in [0.25, 0.3) is 0 Å². The Kier molecular flexibility index (Phi) is 4.80. The summed E-state index contributed by atoms with van der Waals surface area (Å²) in [5.41, 5.74) is 5.75. The van der Waals surface area contributed by atoms with E-state index in [0.717, 1.165) is 6.42 Å². The molecule has 1 aliphatic carbocycles. The van der Waals surface area contributed by atoms with Crippen molar-refractivity contribution in [2.45, 2.75) is 45.6 Å². The van der Waals surface area contributed by atoms with Crippen LogP contribution in [-0.2, 0) is 0 Å². The van der Waals surface area contributed by atoms with Crippen LogP contribution in [0.3, 0.4) is 0 Å². The van der Waals surface area contributed by atoms with Crippen LogP contribution in [0, 0.1) is 11.8 Å². The number of anilines is 2. The maximum absolute atomic E-state index is 6.18. The van der Waals surface area contributed by atoms with Gasteiger partial charge >= 0.3 is 0 Å². The minimum atomic E-state index is 0.325. The lowest BCUT2D eigenvalue weighted by Gasteiger charge is -2.35. The summed E-state index contributed by atoms with van der Waals surface area (Å²) in [5, 5.41) is 4.40. The second-order valence-corrected chi connectivity index (χ2v) is 6.44. The van der Waals surface area contributed by atoms with E-state index in [-0.39, 0.29) is 0 Å². The fourth-order valence-corrected chi connectivity index (χ4v) is 3.31. The zero-order valence-corrected chi connectivity index (χ0v) is 12.9. The molecule has 0 spiro atoms. The van der Waals surface area contributed by atoms with Crippen molar-refractivity contribution in [3.05, 3.63) is 16.1 Å². The van der Waals surface area contributed by atoms with Gasteiger partial charge in [-0.05, 0) is 30.7 Å². The fraction of sp³-hybridized carbons (Fsp3) is 0.643. The average molecular weight is 302 g/mol. The van der Waals surface area contributed by atoms with Crippen molar-refractivity contribution in [3.63, 3.8) is 0 Å². The van der Waals surface area contributed by atoms with Crippen molar-refractivity contribution in [2.24, 2.45) is 11.8 Å². The third-order valence-electron chi connectivity index (χ3n) is 3.95. The van der Waals surface area contributed by atoms with Gasteiger partial charge in [-0.3, -0.25) is 0 Å². The molecular weight excluding hydrogens is 281 g/mol. The topological polar surface area (TPSA) is 50.9 Å². The van der Waals surface area contributed by atoms with Gasteiger partial charge in [0.15, 0.2) is 0 Å². The first kappa shape index (κ1) is 14.7. The van der Waals surface area contributed by atoms with Crippen molar-refractivity contribution < 1.29 is 0 Å². The second-order valence-electron chi connectivity index (χ2n) is 5.63. The van der Waals surface area contributed by atoms with Crippen LogP contribution < -0.4 is 11.1 Å². The van der Waals surface area contributed by atoms with Gasteiger partial charge in [-0.2, -0.15) is 0 Å². The number of halogens is 2. The van der Waals surface area contributed by atoms with E-state index >= 15 is 0 Å². The van der Waals surface area contributed by atoms with Gasteiger partial charge in [-0.15, -0.1) is 0 Å². The first-order chi connectivity index (χ1) is 8.99. The number of nitrogen functional groups attached to an aromatic ring is 1. The smallest absolute Gasteiger partial charge is 0.147 e. The molecule has 106 valence electrons. The first-order valence-electron chi connectivity index (χ1n) is 6.87. The van der Waals surface area contributed by atoms with E-state index in [1.54, 1.807) is 6.07 Å². The highest BCUT2D eigenvalue weighted by Crippen LogP contribution is 2.34. The fourth-order valence-electron chi connectivity index (χ4n) is 2.89. The van der Waals surface area contributed by atoms with Crippen LogP contribution in [-0.4, -0.2) is 11.0 Å². The highest BCUT2D eigenvalue weighted by Gasteiger charge is 2.28. The summed E-state index contributed by atoms with van der Waals surface area (Å²) in [6.07, 6.45) is 4.98. The van der Waals surface area contributed by atoms with Crippen LogP contribution in [0.2, 0.25) is 10.0 Å². The Morgan fingerprint density at radius 1 is 1.26 bits per heavy atom. The van der Waals surface area contributed by atoms with E-state index in [9.17, 15) is 0 Å². The van der Waals surface area contributed by atoms with Crippen molar-refractivity contribution >= 4 is 34.8 Å². The summed E-state index contributed by atoms with van der Waals surface area (Å²) in [6, 6.07) is 2.07. The second kappa shape index (κ2) is 6.19. The number of aromatic nitrogens is 1. The van der Waals surface area contributed by atoms with Crippen molar-refractivity contribution in [2.75, 3.05) is 11.1 Å². The predicted molar refractivity (Wildman–Crippen MR) is 82.9 cm³/mol. The lowest BCUT2D eigenvalue weighted by Crippen LogP contribution is -2.35. The molecule has 5 heteroatoms. The summed E-state index contributed by atoms with van der Waals surface area (Å²) in [6.45, 7) is 4.55. The Morgan fingerprint density at radius 2 is 1.95 bits per heavy atom. The monoisotopic (exact) mass is 301 g/mol. The highest BCUT2D eigenvalue weighted by molar-refractivity contribution is 6.37. The summed E-state index contributed by atoms with van der Waals surface area (Å²) >= 11 is 12.1. The lowest BCUT2D eigenvalue weighted by atomic mass is 9.78.